The third-order valence-corrected chi connectivity index (χ3v) is 2.78. The number of aliphatic hydroxyl groups excluding tert-OH is 1. The summed E-state index contributed by atoms with van der Waals surface area (Å²) in [6.07, 6.45) is 5.12. The second-order valence-electron chi connectivity index (χ2n) is 3.68. The molecular weight excluding hydrogens is 236 g/mol. The van der Waals surface area contributed by atoms with E-state index in [1.807, 2.05) is 16.7 Å². The lowest BCUT2D eigenvalue weighted by Gasteiger charge is -2.05. The molecule has 5 nitrogen and oxygen atoms in total. The predicted octanol–water partition coefficient (Wildman–Crippen LogP) is 1.78. The van der Waals surface area contributed by atoms with E-state index in [0.29, 0.717) is 4.77 Å². The van der Waals surface area contributed by atoms with Gasteiger partial charge in [0.15, 0.2) is 10.6 Å². The van der Waals surface area contributed by atoms with Gasteiger partial charge in [-0.25, -0.2) is 0 Å². The molecule has 0 spiro atoms. The number of aliphatic hydroxyl groups is 1. The van der Waals surface area contributed by atoms with Crippen molar-refractivity contribution in [2.45, 2.75) is 19.4 Å². The first-order valence-corrected chi connectivity index (χ1v) is 5.90. The van der Waals surface area contributed by atoms with Crippen molar-refractivity contribution >= 4 is 12.2 Å². The van der Waals surface area contributed by atoms with Gasteiger partial charge >= 0.3 is 0 Å². The molecular formula is C11H14N4OS. The summed E-state index contributed by atoms with van der Waals surface area (Å²) in [7, 11) is 0. The Morgan fingerprint density at radius 2 is 2.29 bits per heavy atom. The molecule has 2 aromatic rings. The van der Waals surface area contributed by atoms with Gasteiger partial charge in [-0.2, -0.15) is 5.10 Å². The molecule has 0 radical (unpaired) electrons. The number of aromatic nitrogens is 4. The van der Waals surface area contributed by atoms with Gasteiger partial charge in [-0.1, -0.05) is 0 Å². The lowest BCUT2D eigenvalue weighted by Crippen LogP contribution is -2.02. The normalized spacial score (nSPS) is 10.6. The van der Waals surface area contributed by atoms with E-state index in [1.165, 1.54) is 0 Å². The molecule has 6 heteroatoms. The number of pyridine rings is 1. The van der Waals surface area contributed by atoms with Crippen LogP contribution in [0.2, 0.25) is 0 Å². The predicted molar refractivity (Wildman–Crippen MR) is 67.0 cm³/mol. The van der Waals surface area contributed by atoms with Gasteiger partial charge in [0.05, 0.1) is 0 Å². The number of nitrogens with one attached hydrogen (secondary N) is 1. The van der Waals surface area contributed by atoms with Crippen LogP contribution in [0.5, 0.6) is 0 Å². The van der Waals surface area contributed by atoms with Gasteiger partial charge in [0, 0.05) is 31.1 Å². The van der Waals surface area contributed by atoms with E-state index in [0.717, 1.165) is 30.8 Å². The van der Waals surface area contributed by atoms with E-state index in [1.54, 1.807) is 12.4 Å². The molecule has 2 rings (SSSR count). The van der Waals surface area contributed by atoms with E-state index in [9.17, 15) is 0 Å². The van der Waals surface area contributed by atoms with Crippen molar-refractivity contribution in [1.29, 1.82) is 0 Å². The molecule has 0 bridgehead atoms. The Hall–Kier alpha value is -1.53. The topological polar surface area (TPSA) is 66.7 Å². The second-order valence-corrected chi connectivity index (χ2v) is 4.06. The van der Waals surface area contributed by atoms with Gasteiger partial charge in [0.25, 0.3) is 0 Å². The monoisotopic (exact) mass is 250 g/mol. The quantitative estimate of drug-likeness (QED) is 0.627. The Balaban J connectivity index is 2.26. The number of nitrogens with zero attached hydrogens (tertiary/aromatic N) is 3. The molecule has 17 heavy (non-hydrogen) atoms. The Morgan fingerprint density at radius 3 is 3.00 bits per heavy atom. The average molecular weight is 250 g/mol. The van der Waals surface area contributed by atoms with Gasteiger partial charge in [-0.3, -0.25) is 10.1 Å². The number of H-pyrrole nitrogens is 1. The van der Waals surface area contributed by atoms with Crippen LogP contribution in [0.1, 0.15) is 12.8 Å². The van der Waals surface area contributed by atoms with Crippen LogP contribution < -0.4 is 0 Å². The Bertz CT molecular complexity index is 520. The van der Waals surface area contributed by atoms with Crippen molar-refractivity contribution in [3.05, 3.63) is 29.3 Å². The number of hydrogen-bond donors (Lipinski definition) is 2. The summed E-state index contributed by atoms with van der Waals surface area (Å²) in [5.74, 6) is 0.793. The maximum Gasteiger partial charge on any atom is 0.195 e. The maximum atomic E-state index is 8.78. The fourth-order valence-electron chi connectivity index (χ4n) is 1.62. The molecule has 0 fully saturated rings. The zero-order valence-electron chi connectivity index (χ0n) is 9.33. The van der Waals surface area contributed by atoms with Gasteiger partial charge in [0.2, 0.25) is 0 Å². The third-order valence-electron chi connectivity index (χ3n) is 2.47. The molecule has 90 valence electrons. The molecule has 0 atom stereocenters. The fourth-order valence-corrected chi connectivity index (χ4v) is 1.85. The summed E-state index contributed by atoms with van der Waals surface area (Å²) < 4.78 is 2.53. The molecule has 0 aliphatic rings. The molecule has 2 heterocycles. The smallest absolute Gasteiger partial charge is 0.195 e. The molecule has 0 unspecified atom stereocenters. The van der Waals surface area contributed by atoms with Crippen LogP contribution in [0, 0.1) is 4.77 Å². The van der Waals surface area contributed by atoms with Crippen LogP contribution >= 0.6 is 12.2 Å². The van der Waals surface area contributed by atoms with Gasteiger partial charge in [-0.15, -0.1) is 0 Å². The highest BCUT2D eigenvalue weighted by Crippen LogP contribution is 2.16. The molecule has 0 saturated carbocycles. The maximum absolute atomic E-state index is 8.78. The molecule has 0 aliphatic carbocycles. The van der Waals surface area contributed by atoms with E-state index >= 15 is 0 Å². The fraction of sp³-hybridized carbons (Fsp3) is 0.364. The van der Waals surface area contributed by atoms with Crippen molar-refractivity contribution in [2.75, 3.05) is 6.61 Å². The van der Waals surface area contributed by atoms with Crippen molar-refractivity contribution in [3.63, 3.8) is 0 Å². The summed E-state index contributed by atoms with van der Waals surface area (Å²) in [6.45, 7) is 0.952. The van der Waals surface area contributed by atoms with Gasteiger partial charge in [-0.05, 0) is 37.2 Å². The lowest BCUT2D eigenvalue weighted by atomic mass is 10.2. The van der Waals surface area contributed by atoms with Crippen LogP contribution in [0.25, 0.3) is 11.4 Å². The van der Waals surface area contributed by atoms with Crippen molar-refractivity contribution in [2.24, 2.45) is 0 Å². The molecule has 2 N–H and O–H groups in total. The summed E-state index contributed by atoms with van der Waals surface area (Å²) in [4.78, 5) is 4.07. The molecule has 0 saturated heterocycles. The minimum atomic E-state index is 0.202. The summed E-state index contributed by atoms with van der Waals surface area (Å²) in [6, 6.07) is 3.81. The van der Waals surface area contributed by atoms with Crippen molar-refractivity contribution in [3.8, 4) is 11.4 Å². The standard InChI is InChI=1S/C11H14N4OS/c16-7-2-1-6-15-10(13-14-11(15)17)9-4-3-5-12-8-9/h3-5,8,16H,1-2,6-7H2,(H,14,17). The first-order valence-electron chi connectivity index (χ1n) is 5.49. The molecule has 0 amide bonds. The molecule has 0 aromatic carbocycles. The van der Waals surface area contributed by atoms with Crippen LogP contribution in [0.4, 0.5) is 0 Å². The van der Waals surface area contributed by atoms with E-state index in [2.05, 4.69) is 15.2 Å². The van der Waals surface area contributed by atoms with Crippen LogP contribution in [-0.2, 0) is 6.54 Å². The first-order chi connectivity index (χ1) is 8.33. The van der Waals surface area contributed by atoms with E-state index < -0.39 is 0 Å². The minimum absolute atomic E-state index is 0.202. The van der Waals surface area contributed by atoms with Crippen molar-refractivity contribution < 1.29 is 5.11 Å². The lowest BCUT2D eigenvalue weighted by molar-refractivity contribution is 0.281. The molecule has 0 aliphatic heterocycles. The summed E-state index contributed by atoms with van der Waals surface area (Å²) >= 11 is 5.18. The van der Waals surface area contributed by atoms with Gasteiger partial charge < -0.3 is 9.67 Å². The van der Waals surface area contributed by atoms with Crippen molar-refractivity contribution in [1.82, 2.24) is 19.7 Å². The zero-order chi connectivity index (χ0) is 12.1. The molecule has 2 aromatic heterocycles. The largest absolute Gasteiger partial charge is 0.396 e. The zero-order valence-corrected chi connectivity index (χ0v) is 10.2. The second kappa shape index (κ2) is 5.70. The first kappa shape index (κ1) is 11.9. The van der Waals surface area contributed by atoms with E-state index in [4.69, 9.17) is 17.3 Å². The highest BCUT2D eigenvalue weighted by atomic mass is 32.1. The Labute approximate surface area is 104 Å². The van der Waals surface area contributed by atoms with Crippen LogP contribution in [-0.4, -0.2) is 31.5 Å². The Morgan fingerprint density at radius 1 is 1.41 bits per heavy atom. The number of rotatable bonds is 5. The van der Waals surface area contributed by atoms with Crippen LogP contribution in [0.15, 0.2) is 24.5 Å². The summed E-state index contributed by atoms with van der Waals surface area (Å²) in [5.41, 5.74) is 0.934. The van der Waals surface area contributed by atoms with Crippen LogP contribution in [0.3, 0.4) is 0 Å². The SMILES string of the molecule is OCCCCn1c(-c2cccnc2)n[nH]c1=S. The van der Waals surface area contributed by atoms with Gasteiger partial charge in [0.1, 0.15) is 0 Å². The number of aromatic amines is 1. The Kier molecular flexibility index (Phi) is 4.00. The van der Waals surface area contributed by atoms with E-state index in [-0.39, 0.29) is 6.61 Å². The minimum Gasteiger partial charge on any atom is -0.396 e. The summed E-state index contributed by atoms with van der Waals surface area (Å²) in [5, 5.41) is 15.8. The average Bonchev–Trinajstić information content (AvgIpc) is 2.73. The number of hydrogen-bond acceptors (Lipinski definition) is 4. The third kappa shape index (κ3) is 2.78. The highest BCUT2D eigenvalue weighted by molar-refractivity contribution is 7.71. The highest BCUT2D eigenvalue weighted by Gasteiger charge is 2.07. The number of unbranched alkanes of at least 4 members (excludes halogenated alkanes) is 1.